The lowest BCUT2D eigenvalue weighted by Crippen LogP contribution is -2.18. The van der Waals surface area contributed by atoms with Crippen LogP contribution in [0.25, 0.3) is 0 Å². The molecular weight excluding hydrogens is 226 g/mol. The summed E-state index contributed by atoms with van der Waals surface area (Å²) in [6.45, 7) is 4.07. The summed E-state index contributed by atoms with van der Waals surface area (Å²) < 4.78 is 5.86. The monoisotopic (exact) mass is 247 g/mol. The van der Waals surface area contributed by atoms with Crippen LogP contribution in [-0.4, -0.2) is 28.7 Å². The van der Waals surface area contributed by atoms with Crippen molar-refractivity contribution in [2.75, 3.05) is 6.54 Å². The molecule has 1 aromatic heterocycles. The van der Waals surface area contributed by atoms with Crippen LogP contribution in [0.4, 0.5) is 0 Å². The van der Waals surface area contributed by atoms with Crippen LogP contribution < -0.4 is 5.32 Å². The van der Waals surface area contributed by atoms with Crippen LogP contribution in [0, 0.1) is 0 Å². The van der Waals surface area contributed by atoms with E-state index in [9.17, 15) is 0 Å². The predicted octanol–water partition coefficient (Wildman–Crippen LogP) is 2.01. The van der Waals surface area contributed by atoms with Crippen molar-refractivity contribution in [1.82, 2.24) is 15.3 Å². The Balaban J connectivity index is 1.61. The van der Waals surface area contributed by atoms with Crippen molar-refractivity contribution < 1.29 is 4.74 Å². The van der Waals surface area contributed by atoms with E-state index in [2.05, 4.69) is 22.2 Å². The lowest BCUT2D eigenvalue weighted by molar-refractivity contribution is 0.0998. The molecule has 3 heterocycles. The van der Waals surface area contributed by atoms with Crippen molar-refractivity contribution in [3.8, 4) is 0 Å². The minimum Gasteiger partial charge on any atom is -0.374 e. The topological polar surface area (TPSA) is 47.0 Å². The highest BCUT2D eigenvalue weighted by Gasteiger charge is 2.42. The molecule has 4 heteroatoms. The van der Waals surface area contributed by atoms with Gasteiger partial charge < -0.3 is 10.1 Å². The normalized spacial score (nSPS) is 29.9. The molecule has 98 valence electrons. The van der Waals surface area contributed by atoms with Gasteiger partial charge in [-0.05, 0) is 32.2 Å². The Labute approximate surface area is 108 Å². The van der Waals surface area contributed by atoms with Gasteiger partial charge in [-0.25, -0.2) is 9.97 Å². The average molecular weight is 247 g/mol. The molecule has 2 aliphatic rings. The molecule has 0 saturated carbocycles. The molecule has 2 fully saturated rings. The summed E-state index contributed by atoms with van der Waals surface area (Å²) in [4.78, 5) is 9.05. The number of nitrogens with zero attached hydrogens (tertiary/aromatic N) is 2. The SMILES string of the molecule is CCCNCc1cnc(C2CC3CCC2O3)nc1. The molecule has 1 N–H and O–H groups in total. The molecule has 3 rings (SSSR count). The third-order valence-electron chi connectivity index (χ3n) is 3.92. The second-order valence-corrected chi connectivity index (χ2v) is 5.34. The van der Waals surface area contributed by atoms with E-state index in [1.807, 2.05) is 12.4 Å². The third-order valence-corrected chi connectivity index (χ3v) is 3.92. The van der Waals surface area contributed by atoms with Gasteiger partial charge in [0.15, 0.2) is 0 Å². The van der Waals surface area contributed by atoms with Gasteiger partial charge in [0.25, 0.3) is 0 Å². The van der Waals surface area contributed by atoms with Gasteiger partial charge in [0, 0.05) is 30.4 Å². The van der Waals surface area contributed by atoms with Crippen LogP contribution in [0.2, 0.25) is 0 Å². The molecule has 0 radical (unpaired) electrons. The quantitative estimate of drug-likeness (QED) is 0.809. The van der Waals surface area contributed by atoms with Crippen molar-refractivity contribution in [2.24, 2.45) is 0 Å². The van der Waals surface area contributed by atoms with E-state index < -0.39 is 0 Å². The molecule has 2 aliphatic heterocycles. The minimum atomic E-state index is 0.374. The molecule has 4 nitrogen and oxygen atoms in total. The molecule has 2 saturated heterocycles. The zero-order valence-electron chi connectivity index (χ0n) is 10.9. The maximum absolute atomic E-state index is 5.86. The summed E-state index contributed by atoms with van der Waals surface area (Å²) in [5.41, 5.74) is 1.16. The fourth-order valence-electron chi connectivity index (χ4n) is 2.97. The van der Waals surface area contributed by atoms with Crippen LogP contribution in [-0.2, 0) is 11.3 Å². The molecular formula is C14H21N3O. The van der Waals surface area contributed by atoms with E-state index in [4.69, 9.17) is 4.74 Å². The Hall–Kier alpha value is -1.00. The summed E-state index contributed by atoms with van der Waals surface area (Å²) in [6.07, 6.45) is 9.42. The second-order valence-electron chi connectivity index (χ2n) is 5.34. The fourth-order valence-corrected chi connectivity index (χ4v) is 2.97. The van der Waals surface area contributed by atoms with E-state index in [-0.39, 0.29) is 0 Å². The van der Waals surface area contributed by atoms with E-state index in [0.717, 1.165) is 37.3 Å². The lowest BCUT2D eigenvalue weighted by atomic mass is 9.88. The summed E-state index contributed by atoms with van der Waals surface area (Å²) in [6, 6.07) is 0. The number of fused-ring (bicyclic) bond motifs is 2. The van der Waals surface area contributed by atoms with Gasteiger partial charge in [-0.15, -0.1) is 0 Å². The van der Waals surface area contributed by atoms with Crippen molar-refractivity contribution in [1.29, 1.82) is 0 Å². The Bertz CT molecular complexity index is 393. The largest absolute Gasteiger partial charge is 0.374 e. The molecule has 0 spiro atoms. The first kappa shape index (κ1) is 12.1. The van der Waals surface area contributed by atoms with Crippen LogP contribution in [0.3, 0.4) is 0 Å². The van der Waals surface area contributed by atoms with Gasteiger partial charge in [0.1, 0.15) is 5.82 Å². The predicted molar refractivity (Wildman–Crippen MR) is 69.3 cm³/mol. The Morgan fingerprint density at radius 1 is 1.33 bits per heavy atom. The molecule has 0 aliphatic carbocycles. The van der Waals surface area contributed by atoms with Crippen LogP contribution in [0.15, 0.2) is 12.4 Å². The van der Waals surface area contributed by atoms with Crippen LogP contribution in [0.5, 0.6) is 0 Å². The van der Waals surface area contributed by atoms with Gasteiger partial charge in [-0.3, -0.25) is 0 Å². The fraction of sp³-hybridized carbons (Fsp3) is 0.714. The molecule has 18 heavy (non-hydrogen) atoms. The summed E-state index contributed by atoms with van der Waals surface area (Å²) in [5.74, 6) is 1.41. The third kappa shape index (κ3) is 2.40. The first-order valence-corrected chi connectivity index (χ1v) is 7.04. The minimum absolute atomic E-state index is 0.374. The van der Waals surface area contributed by atoms with E-state index in [0.29, 0.717) is 18.1 Å². The van der Waals surface area contributed by atoms with Gasteiger partial charge in [0.2, 0.25) is 0 Å². The van der Waals surface area contributed by atoms with Crippen molar-refractivity contribution >= 4 is 0 Å². The number of hydrogen-bond donors (Lipinski definition) is 1. The Morgan fingerprint density at radius 2 is 2.17 bits per heavy atom. The number of ether oxygens (including phenoxy) is 1. The maximum atomic E-state index is 5.86. The smallest absolute Gasteiger partial charge is 0.133 e. The van der Waals surface area contributed by atoms with Gasteiger partial charge in [-0.2, -0.15) is 0 Å². The van der Waals surface area contributed by atoms with Gasteiger partial charge in [-0.1, -0.05) is 6.92 Å². The highest BCUT2D eigenvalue weighted by atomic mass is 16.5. The Morgan fingerprint density at radius 3 is 2.78 bits per heavy atom. The van der Waals surface area contributed by atoms with Crippen LogP contribution >= 0.6 is 0 Å². The molecule has 0 amide bonds. The van der Waals surface area contributed by atoms with E-state index in [1.165, 1.54) is 12.8 Å². The summed E-state index contributed by atoms with van der Waals surface area (Å²) in [7, 11) is 0. The summed E-state index contributed by atoms with van der Waals surface area (Å²) >= 11 is 0. The van der Waals surface area contributed by atoms with E-state index >= 15 is 0 Å². The lowest BCUT2D eigenvalue weighted by Gasteiger charge is -2.16. The maximum Gasteiger partial charge on any atom is 0.133 e. The number of nitrogens with one attached hydrogen (secondary N) is 1. The van der Waals surface area contributed by atoms with Crippen molar-refractivity contribution in [3.05, 3.63) is 23.8 Å². The molecule has 0 aromatic carbocycles. The van der Waals surface area contributed by atoms with Crippen LogP contribution in [0.1, 0.15) is 49.9 Å². The highest BCUT2D eigenvalue weighted by molar-refractivity contribution is 5.11. The zero-order valence-corrected chi connectivity index (χ0v) is 10.9. The van der Waals surface area contributed by atoms with Crippen molar-refractivity contribution in [2.45, 2.75) is 57.3 Å². The average Bonchev–Trinajstić information content (AvgIpc) is 3.02. The van der Waals surface area contributed by atoms with Gasteiger partial charge in [0.05, 0.1) is 12.2 Å². The van der Waals surface area contributed by atoms with Crippen molar-refractivity contribution in [3.63, 3.8) is 0 Å². The second kappa shape index (κ2) is 5.33. The molecule has 3 atom stereocenters. The first-order chi connectivity index (χ1) is 8.86. The Kier molecular flexibility index (Phi) is 3.57. The zero-order chi connectivity index (χ0) is 12.4. The molecule has 2 bridgehead atoms. The number of rotatable bonds is 5. The highest BCUT2D eigenvalue weighted by Crippen LogP contribution is 2.43. The molecule has 3 unspecified atom stereocenters. The van der Waals surface area contributed by atoms with E-state index in [1.54, 1.807) is 0 Å². The number of hydrogen-bond acceptors (Lipinski definition) is 4. The first-order valence-electron chi connectivity index (χ1n) is 7.04. The van der Waals surface area contributed by atoms with Gasteiger partial charge >= 0.3 is 0 Å². The standard InChI is InChI=1S/C14H21N3O/c1-2-5-15-7-10-8-16-14(17-9-10)12-6-11-3-4-13(12)18-11/h8-9,11-13,15H,2-7H2,1H3. The molecule has 1 aromatic rings. The summed E-state index contributed by atoms with van der Waals surface area (Å²) in [5, 5.41) is 3.36. The number of aromatic nitrogens is 2.